The summed E-state index contributed by atoms with van der Waals surface area (Å²) in [6, 6.07) is 19.4. The Bertz CT molecular complexity index is 1280. The minimum atomic E-state index is -0.326. The Hall–Kier alpha value is -3.05. The molecule has 3 nitrogen and oxygen atoms in total. The molecule has 4 aromatic rings. The summed E-state index contributed by atoms with van der Waals surface area (Å²) in [5.41, 5.74) is 2.58. The normalized spacial score (nSPS) is 11.4. The zero-order valence-electron chi connectivity index (χ0n) is 15.1. The van der Waals surface area contributed by atoms with Crippen molar-refractivity contribution in [2.24, 2.45) is 0 Å². The lowest BCUT2D eigenvalue weighted by Crippen LogP contribution is -2.22. The van der Waals surface area contributed by atoms with E-state index in [0.717, 1.165) is 10.0 Å². The van der Waals surface area contributed by atoms with Gasteiger partial charge in [0.15, 0.2) is 0 Å². The van der Waals surface area contributed by atoms with Crippen LogP contribution in [0.3, 0.4) is 0 Å². The zero-order chi connectivity index (χ0) is 19.7. The highest BCUT2D eigenvalue weighted by Crippen LogP contribution is 2.21. The van der Waals surface area contributed by atoms with E-state index in [2.05, 4.69) is 20.9 Å². The van der Waals surface area contributed by atoms with Crippen LogP contribution in [-0.4, -0.2) is 9.55 Å². The van der Waals surface area contributed by atoms with Gasteiger partial charge in [-0.3, -0.25) is 9.36 Å². The van der Waals surface area contributed by atoms with E-state index in [0.29, 0.717) is 28.0 Å². The number of nitrogens with zero attached hydrogens (tertiary/aromatic N) is 2. The summed E-state index contributed by atoms with van der Waals surface area (Å²) in [7, 11) is 0. The van der Waals surface area contributed by atoms with E-state index in [4.69, 9.17) is 0 Å². The standard InChI is InChI=1S/C23H16BrFN2O/c1-15-14-17(11-12-19(15)24)27-22(13-10-16-6-2-4-8-20(16)25)26-21-9-5-3-7-18(21)23(27)28/h2-14H,1H3/b13-10+. The summed E-state index contributed by atoms with van der Waals surface area (Å²) < 4.78 is 16.5. The van der Waals surface area contributed by atoms with Crippen LogP contribution in [0.15, 0.2) is 76.0 Å². The highest BCUT2D eigenvalue weighted by Gasteiger charge is 2.12. The molecule has 0 N–H and O–H groups in total. The topological polar surface area (TPSA) is 34.9 Å². The Morgan fingerprint density at radius 1 is 1.00 bits per heavy atom. The number of hydrogen-bond donors (Lipinski definition) is 0. The molecule has 0 radical (unpaired) electrons. The number of halogens is 2. The smallest absolute Gasteiger partial charge is 0.266 e. The van der Waals surface area contributed by atoms with Crippen molar-refractivity contribution in [1.29, 1.82) is 0 Å². The molecule has 0 saturated heterocycles. The molecule has 0 saturated carbocycles. The van der Waals surface area contributed by atoms with Crippen LogP contribution in [0.25, 0.3) is 28.7 Å². The first kappa shape index (κ1) is 18.3. The molecule has 0 fully saturated rings. The van der Waals surface area contributed by atoms with Crippen molar-refractivity contribution in [2.45, 2.75) is 6.92 Å². The number of benzene rings is 3. The van der Waals surface area contributed by atoms with Gasteiger partial charge in [0, 0.05) is 10.0 Å². The molecule has 1 heterocycles. The van der Waals surface area contributed by atoms with Crippen molar-refractivity contribution in [2.75, 3.05) is 0 Å². The fourth-order valence-electron chi connectivity index (χ4n) is 3.05. The molecular weight excluding hydrogens is 419 g/mol. The Morgan fingerprint density at radius 3 is 2.54 bits per heavy atom. The minimum absolute atomic E-state index is 0.166. The molecule has 0 aliphatic heterocycles. The number of para-hydroxylation sites is 1. The maximum Gasteiger partial charge on any atom is 0.266 e. The van der Waals surface area contributed by atoms with Crippen molar-refractivity contribution < 1.29 is 4.39 Å². The quantitative estimate of drug-likeness (QED) is 0.410. The lowest BCUT2D eigenvalue weighted by atomic mass is 10.1. The van der Waals surface area contributed by atoms with Crippen molar-refractivity contribution >= 4 is 39.0 Å². The fourth-order valence-corrected chi connectivity index (χ4v) is 3.30. The predicted octanol–water partition coefficient (Wildman–Crippen LogP) is 5.77. The van der Waals surface area contributed by atoms with E-state index in [1.807, 2.05) is 37.3 Å². The Balaban J connectivity index is 1.97. The average Bonchev–Trinajstić information content (AvgIpc) is 2.70. The van der Waals surface area contributed by atoms with E-state index in [9.17, 15) is 9.18 Å². The molecule has 0 amide bonds. The molecule has 3 aromatic carbocycles. The summed E-state index contributed by atoms with van der Waals surface area (Å²) in [4.78, 5) is 17.9. The zero-order valence-corrected chi connectivity index (χ0v) is 16.7. The molecule has 138 valence electrons. The molecule has 1 aromatic heterocycles. The third-order valence-electron chi connectivity index (χ3n) is 4.52. The van der Waals surface area contributed by atoms with Gasteiger partial charge in [-0.15, -0.1) is 0 Å². The van der Waals surface area contributed by atoms with Gasteiger partial charge in [0.1, 0.15) is 11.6 Å². The van der Waals surface area contributed by atoms with E-state index >= 15 is 0 Å². The van der Waals surface area contributed by atoms with Gasteiger partial charge in [0.05, 0.1) is 16.6 Å². The molecule has 0 aliphatic rings. The summed E-state index contributed by atoms with van der Waals surface area (Å²) >= 11 is 3.49. The first-order valence-corrected chi connectivity index (χ1v) is 9.55. The average molecular weight is 435 g/mol. The Kier molecular flexibility index (Phi) is 4.92. The largest absolute Gasteiger partial charge is 0.268 e. The van der Waals surface area contributed by atoms with Crippen LogP contribution in [0, 0.1) is 12.7 Å². The second-order valence-corrected chi connectivity index (χ2v) is 7.27. The molecule has 0 spiro atoms. The highest BCUT2D eigenvalue weighted by molar-refractivity contribution is 9.10. The number of hydrogen-bond acceptors (Lipinski definition) is 2. The lowest BCUT2D eigenvalue weighted by molar-refractivity contribution is 0.625. The summed E-state index contributed by atoms with van der Waals surface area (Å²) in [5, 5.41) is 0.533. The molecule has 0 atom stereocenters. The van der Waals surface area contributed by atoms with E-state index in [1.165, 1.54) is 6.07 Å². The van der Waals surface area contributed by atoms with E-state index in [-0.39, 0.29) is 11.4 Å². The first-order valence-electron chi connectivity index (χ1n) is 8.75. The summed E-state index contributed by atoms with van der Waals surface area (Å²) in [5.74, 6) is 0.113. The fraction of sp³-hybridized carbons (Fsp3) is 0.0435. The van der Waals surface area contributed by atoms with Gasteiger partial charge in [-0.2, -0.15) is 0 Å². The van der Waals surface area contributed by atoms with Crippen molar-refractivity contribution in [3.8, 4) is 5.69 Å². The van der Waals surface area contributed by atoms with Crippen LogP contribution in [-0.2, 0) is 0 Å². The molecule has 0 bridgehead atoms. The molecule has 28 heavy (non-hydrogen) atoms. The molecule has 0 unspecified atom stereocenters. The number of aryl methyl sites for hydroxylation is 1. The van der Waals surface area contributed by atoms with Gasteiger partial charge >= 0.3 is 0 Å². The number of aromatic nitrogens is 2. The number of fused-ring (bicyclic) bond motifs is 1. The third-order valence-corrected chi connectivity index (χ3v) is 5.41. The van der Waals surface area contributed by atoms with Gasteiger partial charge in [0.2, 0.25) is 0 Å². The highest BCUT2D eigenvalue weighted by atomic mass is 79.9. The summed E-state index contributed by atoms with van der Waals surface area (Å²) in [6.45, 7) is 1.96. The maximum absolute atomic E-state index is 14.0. The Morgan fingerprint density at radius 2 is 1.75 bits per heavy atom. The van der Waals surface area contributed by atoms with Gasteiger partial charge in [-0.05, 0) is 61.0 Å². The monoisotopic (exact) mass is 434 g/mol. The Labute approximate surface area is 169 Å². The predicted molar refractivity (Wildman–Crippen MR) is 115 cm³/mol. The van der Waals surface area contributed by atoms with Crippen LogP contribution in [0.4, 0.5) is 4.39 Å². The van der Waals surface area contributed by atoms with Gasteiger partial charge < -0.3 is 0 Å². The maximum atomic E-state index is 14.0. The van der Waals surface area contributed by atoms with Gasteiger partial charge in [0.25, 0.3) is 5.56 Å². The second kappa shape index (κ2) is 7.52. The van der Waals surface area contributed by atoms with E-state index in [1.54, 1.807) is 47.1 Å². The van der Waals surface area contributed by atoms with Crippen molar-refractivity contribution in [3.63, 3.8) is 0 Å². The van der Waals surface area contributed by atoms with Crippen LogP contribution in [0.2, 0.25) is 0 Å². The van der Waals surface area contributed by atoms with E-state index < -0.39 is 0 Å². The molecular formula is C23H16BrFN2O. The van der Waals surface area contributed by atoms with Gasteiger partial charge in [-0.25, -0.2) is 9.37 Å². The lowest BCUT2D eigenvalue weighted by Gasteiger charge is -2.12. The molecule has 4 rings (SSSR count). The van der Waals surface area contributed by atoms with Gasteiger partial charge in [-0.1, -0.05) is 46.3 Å². The third kappa shape index (κ3) is 3.41. The van der Waals surface area contributed by atoms with Crippen molar-refractivity contribution in [3.05, 3.63) is 104 Å². The number of rotatable bonds is 3. The van der Waals surface area contributed by atoms with Crippen LogP contribution in [0.1, 0.15) is 17.0 Å². The SMILES string of the molecule is Cc1cc(-n2c(/C=C/c3ccccc3F)nc3ccccc3c2=O)ccc1Br. The van der Waals surface area contributed by atoms with Crippen LogP contribution < -0.4 is 5.56 Å². The first-order chi connectivity index (χ1) is 13.5. The molecule has 5 heteroatoms. The van der Waals surface area contributed by atoms with Crippen molar-refractivity contribution in [1.82, 2.24) is 9.55 Å². The second-order valence-electron chi connectivity index (χ2n) is 6.42. The minimum Gasteiger partial charge on any atom is -0.268 e. The van der Waals surface area contributed by atoms with Crippen LogP contribution >= 0.6 is 15.9 Å². The molecule has 0 aliphatic carbocycles. The summed E-state index contributed by atoms with van der Waals surface area (Å²) in [6.07, 6.45) is 3.30. The van der Waals surface area contributed by atoms with Crippen LogP contribution in [0.5, 0.6) is 0 Å².